The van der Waals surface area contributed by atoms with Crippen LogP contribution >= 0.6 is 0 Å². The number of nitrogens with zero attached hydrogens (tertiary/aromatic N) is 2. The second-order valence-corrected chi connectivity index (χ2v) is 5.32. The number of carbonyl (C=O) groups is 1. The predicted octanol–water partition coefficient (Wildman–Crippen LogP) is -3.41. The average molecular weight is 362 g/mol. The maximum absolute atomic E-state index is 10.4. The predicted molar refractivity (Wildman–Crippen MR) is 80.3 cm³/mol. The zero-order valence-electron chi connectivity index (χ0n) is 13.2. The van der Waals surface area contributed by atoms with Crippen molar-refractivity contribution < 1.29 is 45.3 Å². The Labute approximate surface area is 142 Å². The van der Waals surface area contributed by atoms with E-state index in [-0.39, 0.29) is 17.8 Å². The van der Waals surface area contributed by atoms with Crippen molar-refractivity contribution in [3.63, 3.8) is 0 Å². The molecular weight excluding hydrogens is 340 g/mol. The summed E-state index contributed by atoms with van der Waals surface area (Å²) >= 11 is 0. The van der Waals surface area contributed by atoms with E-state index in [0.29, 0.717) is 0 Å². The number of aliphatic hydroxyl groups excluding tert-OH is 6. The Morgan fingerprint density at radius 3 is 2.20 bits per heavy atom. The van der Waals surface area contributed by atoms with E-state index in [2.05, 4.69) is 9.97 Å². The van der Waals surface area contributed by atoms with Crippen LogP contribution in [0.1, 0.15) is 17.5 Å². The van der Waals surface area contributed by atoms with E-state index < -0.39 is 56.3 Å². The largest absolute Gasteiger partial charge is 0.480 e. The minimum absolute atomic E-state index is 0.0564. The molecule has 5 atom stereocenters. The number of rotatable bonds is 11. The van der Waals surface area contributed by atoms with Crippen molar-refractivity contribution in [3.05, 3.63) is 23.8 Å². The van der Waals surface area contributed by atoms with E-state index in [1.807, 2.05) is 0 Å². The van der Waals surface area contributed by atoms with Crippen LogP contribution in [0.15, 0.2) is 12.4 Å². The van der Waals surface area contributed by atoms with E-state index in [0.717, 1.165) is 6.20 Å². The zero-order chi connectivity index (χ0) is 19.0. The molecule has 11 nitrogen and oxygen atoms in total. The van der Waals surface area contributed by atoms with Crippen molar-refractivity contribution >= 4 is 5.97 Å². The van der Waals surface area contributed by atoms with Gasteiger partial charge in [-0.1, -0.05) is 0 Å². The van der Waals surface area contributed by atoms with Crippen LogP contribution in [-0.4, -0.2) is 95.9 Å². The number of hydrogen-bond donors (Lipinski definition) is 7. The van der Waals surface area contributed by atoms with Crippen molar-refractivity contribution in [1.29, 1.82) is 0 Å². The van der Waals surface area contributed by atoms with Crippen LogP contribution in [0.5, 0.6) is 0 Å². The fourth-order valence-corrected chi connectivity index (χ4v) is 1.93. The number of aliphatic carboxylic acids is 1. The summed E-state index contributed by atoms with van der Waals surface area (Å²) in [4.78, 5) is 18.2. The molecule has 0 bridgehead atoms. The standard InChI is InChI=1S/C14H22N2O9/c17-4-10(20)14(24)13(23)8-3-15-7(2-16-8)1-9(19)11(5-18)25-6-12(21)22/h2-3,9-11,13-14,17-20,23-24H,1,4-6H2,(H,21,22)/t9-,10+,11-,13+,14+/m0/s1. The monoisotopic (exact) mass is 362 g/mol. The molecule has 142 valence electrons. The van der Waals surface area contributed by atoms with Crippen LogP contribution in [-0.2, 0) is 16.0 Å². The topological polar surface area (TPSA) is 194 Å². The lowest BCUT2D eigenvalue weighted by molar-refractivity contribution is -0.148. The second kappa shape index (κ2) is 10.3. The Balaban J connectivity index is 2.67. The Hall–Kier alpha value is -1.73. The highest BCUT2D eigenvalue weighted by molar-refractivity contribution is 5.68. The van der Waals surface area contributed by atoms with Gasteiger partial charge in [0.2, 0.25) is 0 Å². The molecule has 0 aromatic carbocycles. The second-order valence-electron chi connectivity index (χ2n) is 5.32. The number of aliphatic hydroxyl groups is 6. The highest BCUT2D eigenvalue weighted by Crippen LogP contribution is 2.17. The molecule has 0 fully saturated rings. The van der Waals surface area contributed by atoms with Crippen molar-refractivity contribution in [2.45, 2.75) is 36.9 Å². The minimum Gasteiger partial charge on any atom is -0.480 e. The first-order chi connectivity index (χ1) is 11.8. The van der Waals surface area contributed by atoms with Gasteiger partial charge in [-0.25, -0.2) is 4.79 Å². The van der Waals surface area contributed by atoms with Gasteiger partial charge < -0.3 is 40.5 Å². The number of carboxylic acids is 1. The molecule has 25 heavy (non-hydrogen) atoms. The number of hydrogen-bond acceptors (Lipinski definition) is 10. The fourth-order valence-electron chi connectivity index (χ4n) is 1.93. The summed E-state index contributed by atoms with van der Waals surface area (Å²) in [5, 5.41) is 65.1. The lowest BCUT2D eigenvalue weighted by Gasteiger charge is -2.22. The summed E-state index contributed by atoms with van der Waals surface area (Å²) in [6.07, 6.45) is -4.92. The molecule has 1 heterocycles. The molecule has 0 aliphatic heterocycles. The van der Waals surface area contributed by atoms with Gasteiger partial charge in [-0.05, 0) is 0 Å². The zero-order valence-corrected chi connectivity index (χ0v) is 13.2. The third-order valence-electron chi connectivity index (χ3n) is 3.38. The normalized spacial score (nSPS) is 17.5. The third kappa shape index (κ3) is 6.59. The van der Waals surface area contributed by atoms with E-state index >= 15 is 0 Å². The van der Waals surface area contributed by atoms with Crippen LogP contribution in [0.2, 0.25) is 0 Å². The maximum Gasteiger partial charge on any atom is 0.329 e. The summed E-state index contributed by atoms with van der Waals surface area (Å²) in [5.41, 5.74) is 0.206. The first-order valence-corrected chi connectivity index (χ1v) is 7.38. The highest BCUT2D eigenvalue weighted by Gasteiger charge is 2.27. The van der Waals surface area contributed by atoms with Crippen molar-refractivity contribution in [2.24, 2.45) is 0 Å². The maximum atomic E-state index is 10.4. The highest BCUT2D eigenvalue weighted by atomic mass is 16.5. The molecule has 0 aliphatic rings. The van der Waals surface area contributed by atoms with Crippen LogP contribution in [0.25, 0.3) is 0 Å². The molecule has 0 radical (unpaired) electrons. The summed E-state index contributed by atoms with van der Waals surface area (Å²) in [6.45, 7) is -2.01. The smallest absolute Gasteiger partial charge is 0.329 e. The lowest BCUT2D eigenvalue weighted by atomic mass is 10.1. The number of aromatic nitrogens is 2. The molecule has 7 N–H and O–H groups in total. The van der Waals surface area contributed by atoms with Gasteiger partial charge in [-0.15, -0.1) is 0 Å². The first-order valence-electron chi connectivity index (χ1n) is 7.38. The first kappa shape index (κ1) is 21.3. The van der Waals surface area contributed by atoms with Gasteiger partial charge in [-0.3, -0.25) is 9.97 Å². The summed E-state index contributed by atoms with van der Waals surface area (Å²) in [5.74, 6) is -1.24. The molecule has 0 amide bonds. The molecule has 0 unspecified atom stereocenters. The van der Waals surface area contributed by atoms with E-state index in [9.17, 15) is 25.2 Å². The molecule has 0 saturated heterocycles. The van der Waals surface area contributed by atoms with Gasteiger partial charge in [0, 0.05) is 12.6 Å². The number of ether oxygens (including phenoxy) is 1. The average Bonchev–Trinajstić information content (AvgIpc) is 2.60. The quantitative estimate of drug-likeness (QED) is 0.207. The van der Waals surface area contributed by atoms with Gasteiger partial charge in [0.25, 0.3) is 0 Å². The van der Waals surface area contributed by atoms with Crippen molar-refractivity contribution in [1.82, 2.24) is 9.97 Å². The van der Waals surface area contributed by atoms with Crippen LogP contribution in [0.4, 0.5) is 0 Å². The molecule has 1 aromatic heterocycles. The van der Waals surface area contributed by atoms with E-state index in [1.54, 1.807) is 0 Å². The summed E-state index contributed by atoms with van der Waals surface area (Å²) < 4.78 is 4.85. The van der Waals surface area contributed by atoms with Crippen LogP contribution in [0.3, 0.4) is 0 Å². The third-order valence-corrected chi connectivity index (χ3v) is 3.38. The molecule has 1 aromatic rings. The van der Waals surface area contributed by atoms with Gasteiger partial charge in [0.1, 0.15) is 31.0 Å². The van der Waals surface area contributed by atoms with Gasteiger partial charge >= 0.3 is 5.97 Å². The lowest BCUT2D eigenvalue weighted by Crippen LogP contribution is -2.36. The van der Waals surface area contributed by atoms with E-state index in [1.165, 1.54) is 6.20 Å². The van der Waals surface area contributed by atoms with Gasteiger partial charge in [-0.2, -0.15) is 0 Å². The minimum atomic E-state index is -1.65. The SMILES string of the molecule is O=C(O)CO[C@@H](CO)[C@@H](O)Cc1cnc([C@@H](O)[C@H](O)[C@H](O)CO)cn1. The van der Waals surface area contributed by atoms with Gasteiger partial charge in [0.05, 0.1) is 36.9 Å². The Kier molecular flexibility index (Phi) is 8.78. The fraction of sp³-hybridized carbons (Fsp3) is 0.643. The Morgan fingerprint density at radius 1 is 1.04 bits per heavy atom. The number of carboxylic acid groups (broad SMARTS) is 1. The van der Waals surface area contributed by atoms with Crippen molar-refractivity contribution in [3.8, 4) is 0 Å². The Bertz CT molecular complexity index is 528. The molecule has 0 spiro atoms. The van der Waals surface area contributed by atoms with Gasteiger partial charge in [0.15, 0.2) is 0 Å². The van der Waals surface area contributed by atoms with Crippen LogP contribution < -0.4 is 0 Å². The summed E-state index contributed by atoms with van der Waals surface area (Å²) in [7, 11) is 0. The molecule has 0 aliphatic carbocycles. The van der Waals surface area contributed by atoms with Crippen molar-refractivity contribution in [2.75, 3.05) is 19.8 Å². The van der Waals surface area contributed by atoms with Crippen LogP contribution in [0, 0.1) is 0 Å². The summed E-state index contributed by atoms with van der Waals surface area (Å²) in [6, 6.07) is 0. The Morgan fingerprint density at radius 2 is 1.72 bits per heavy atom. The molecule has 11 heteroatoms. The van der Waals surface area contributed by atoms with E-state index in [4.69, 9.17) is 20.1 Å². The molecule has 1 rings (SSSR count). The molecular formula is C14H22N2O9. The molecule has 0 saturated carbocycles.